The SMILES string of the molecule is CNC(=O)C(Cc1ccccc1)N(Cc1ccc(C)cc1)C(=O)CCCN(c1ccc2c(c1)OCCO2)S(C)(=O)=O. The van der Waals surface area contributed by atoms with Gasteiger partial charge in [-0.25, -0.2) is 8.42 Å². The molecule has 2 amide bonds. The summed E-state index contributed by atoms with van der Waals surface area (Å²) in [6, 6.07) is 21.7. The van der Waals surface area contributed by atoms with Crippen molar-refractivity contribution in [1.82, 2.24) is 10.2 Å². The predicted molar refractivity (Wildman–Crippen MR) is 159 cm³/mol. The highest BCUT2D eigenvalue weighted by Crippen LogP contribution is 2.34. The summed E-state index contributed by atoms with van der Waals surface area (Å²) in [7, 11) is -2.08. The highest BCUT2D eigenvalue weighted by atomic mass is 32.2. The van der Waals surface area contributed by atoms with Crippen LogP contribution < -0.4 is 19.1 Å². The Balaban J connectivity index is 1.54. The van der Waals surface area contributed by atoms with E-state index in [-0.39, 0.29) is 37.7 Å². The molecule has 0 bridgehead atoms. The first-order chi connectivity index (χ1) is 19.7. The molecule has 1 heterocycles. The van der Waals surface area contributed by atoms with Gasteiger partial charge in [0.2, 0.25) is 21.8 Å². The van der Waals surface area contributed by atoms with Gasteiger partial charge in [-0.15, -0.1) is 0 Å². The van der Waals surface area contributed by atoms with Crippen LogP contribution in [0.1, 0.15) is 29.5 Å². The van der Waals surface area contributed by atoms with E-state index in [1.54, 1.807) is 30.1 Å². The molecule has 0 fully saturated rings. The highest BCUT2D eigenvalue weighted by Gasteiger charge is 2.30. The number of rotatable bonds is 12. The van der Waals surface area contributed by atoms with Gasteiger partial charge >= 0.3 is 0 Å². The van der Waals surface area contributed by atoms with E-state index in [9.17, 15) is 18.0 Å². The number of hydrogen-bond donors (Lipinski definition) is 1. The molecule has 0 aromatic heterocycles. The molecule has 3 aromatic rings. The molecule has 4 rings (SSSR count). The molecular weight excluding hydrogens is 542 g/mol. The van der Waals surface area contributed by atoms with Gasteiger partial charge in [-0.1, -0.05) is 60.2 Å². The molecule has 0 saturated carbocycles. The number of hydrogen-bond acceptors (Lipinski definition) is 6. The summed E-state index contributed by atoms with van der Waals surface area (Å²) in [5.74, 6) is 0.556. The molecule has 0 spiro atoms. The van der Waals surface area contributed by atoms with Crippen molar-refractivity contribution in [2.45, 2.75) is 38.8 Å². The summed E-state index contributed by atoms with van der Waals surface area (Å²) in [4.78, 5) is 28.5. The third-order valence-electron chi connectivity index (χ3n) is 6.96. The van der Waals surface area contributed by atoms with Gasteiger partial charge in [0.25, 0.3) is 0 Å². The minimum atomic E-state index is -3.64. The molecule has 9 nitrogen and oxygen atoms in total. The monoisotopic (exact) mass is 579 g/mol. The summed E-state index contributed by atoms with van der Waals surface area (Å²) in [6.07, 6.45) is 1.81. The molecule has 1 unspecified atom stereocenters. The van der Waals surface area contributed by atoms with Gasteiger partial charge in [0.05, 0.1) is 11.9 Å². The maximum absolute atomic E-state index is 13.8. The standard InChI is InChI=1S/C31H37N3O6S/c1-23-11-13-25(14-12-23)22-33(27(31(36)32-2)20-24-8-5-4-6-9-24)30(35)10-7-17-34(41(3,37)38)26-15-16-28-29(21-26)40-19-18-39-28/h4-6,8-9,11-16,21,27H,7,10,17-20,22H2,1-3H3,(H,32,36). The number of carbonyl (C=O) groups is 2. The molecule has 218 valence electrons. The van der Waals surface area contributed by atoms with Crippen molar-refractivity contribution in [2.75, 3.05) is 37.4 Å². The van der Waals surface area contributed by atoms with Crippen LogP contribution in [0.2, 0.25) is 0 Å². The second-order valence-electron chi connectivity index (χ2n) is 10.1. The van der Waals surface area contributed by atoms with E-state index in [1.807, 2.05) is 61.5 Å². The van der Waals surface area contributed by atoms with Crippen LogP contribution >= 0.6 is 0 Å². The largest absolute Gasteiger partial charge is 0.486 e. The van der Waals surface area contributed by atoms with Gasteiger partial charge in [0, 0.05) is 39.0 Å². The van der Waals surface area contributed by atoms with Crippen molar-refractivity contribution < 1.29 is 27.5 Å². The molecule has 3 aromatic carbocycles. The van der Waals surface area contributed by atoms with Gasteiger partial charge in [-0.05, 0) is 36.6 Å². The molecule has 1 aliphatic rings. The minimum absolute atomic E-state index is 0.0602. The first-order valence-electron chi connectivity index (χ1n) is 13.6. The lowest BCUT2D eigenvalue weighted by Crippen LogP contribution is -2.49. The van der Waals surface area contributed by atoms with E-state index < -0.39 is 16.1 Å². The van der Waals surface area contributed by atoms with Gasteiger partial charge in [-0.2, -0.15) is 0 Å². The van der Waals surface area contributed by atoms with E-state index in [1.165, 1.54) is 4.31 Å². The van der Waals surface area contributed by atoms with E-state index in [0.29, 0.717) is 36.8 Å². The number of fused-ring (bicyclic) bond motifs is 1. The molecule has 1 atom stereocenters. The number of anilines is 1. The van der Waals surface area contributed by atoms with E-state index >= 15 is 0 Å². The van der Waals surface area contributed by atoms with Crippen LogP contribution in [0.3, 0.4) is 0 Å². The zero-order valence-corrected chi connectivity index (χ0v) is 24.5. The zero-order valence-electron chi connectivity index (χ0n) is 23.7. The van der Waals surface area contributed by atoms with Crippen LogP contribution in [0, 0.1) is 6.92 Å². The number of sulfonamides is 1. The van der Waals surface area contributed by atoms with Crippen molar-refractivity contribution in [2.24, 2.45) is 0 Å². The first-order valence-corrected chi connectivity index (χ1v) is 15.5. The van der Waals surface area contributed by atoms with Crippen LogP contribution in [0.15, 0.2) is 72.8 Å². The van der Waals surface area contributed by atoms with Crippen molar-refractivity contribution in [1.29, 1.82) is 0 Å². The molecule has 0 radical (unpaired) electrons. The number of benzene rings is 3. The topological polar surface area (TPSA) is 105 Å². The van der Waals surface area contributed by atoms with Crippen LogP contribution in [0.4, 0.5) is 5.69 Å². The smallest absolute Gasteiger partial charge is 0.242 e. The van der Waals surface area contributed by atoms with Crippen LogP contribution in [-0.2, 0) is 32.6 Å². The Morgan fingerprint density at radius 1 is 0.927 bits per heavy atom. The number of nitrogens with one attached hydrogen (secondary N) is 1. The summed E-state index contributed by atoms with van der Waals surface area (Å²) >= 11 is 0. The summed E-state index contributed by atoms with van der Waals surface area (Å²) in [5.41, 5.74) is 3.37. The molecule has 0 aliphatic carbocycles. The number of amides is 2. The highest BCUT2D eigenvalue weighted by molar-refractivity contribution is 7.92. The van der Waals surface area contributed by atoms with Crippen molar-refractivity contribution in [3.8, 4) is 11.5 Å². The Bertz CT molecular complexity index is 1440. The Morgan fingerprint density at radius 3 is 2.27 bits per heavy atom. The Hall–Kier alpha value is -4.05. The Morgan fingerprint density at radius 2 is 1.61 bits per heavy atom. The van der Waals surface area contributed by atoms with Crippen LogP contribution in [-0.4, -0.2) is 64.2 Å². The van der Waals surface area contributed by atoms with Gasteiger partial charge in [0.1, 0.15) is 19.3 Å². The van der Waals surface area contributed by atoms with E-state index in [2.05, 4.69) is 5.32 Å². The lowest BCUT2D eigenvalue weighted by molar-refractivity contribution is -0.141. The maximum Gasteiger partial charge on any atom is 0.242 e. The number of carbonyl (C=O) groups excluding carboxylic acids is 2. The molecule has 10 heteroatoms. The van der Waals surface area contributed by atoms with Gasteiger partial charge < -0.3 is 19.7 Å². The summed E-state index contributed by atoms with van der Waals surface area (Å²) < 4.78 is 37.9. The van der Waals surface area contributed by atoms with Crippen molar-refractivity contribution >= 4 is 27.5 Å². The zero-order chi connectivity index (χ0) is 29.4. The lowest BCUT2D eigenvalue weighted by Gasteiger charge is -2.31. The van der Waals surface area contributed by atoms with Crippen molar-refractivity contribution in [3.05, 3.63) is 89.5 Å². The minimum Gasteiger partial charge on any atom is -0.486 e. The second-order valence-corrected chi connectivity index (χ2v) is 12.0. The molecule has 41 heavy (non-hydrogen) atoms. The lowest BCUT2D eigenvalue weighted by atomic mass is 10.0. The van der Waals surface area contributed by atoms with E-state index in [0.717, 1.165) is 22.9 Å². The first kappa shape index (κ1) is 29.9. The normalized spacial score (nSPS) is 13.2. The van der Waals surface area contributed by atoms with Gasteiger partial charge in [0.15, 0.2) is 11.5 Å². The fraction of sp³-hybridized carbons (Fsp3) is 0.355. The van der Waals surface area contributed by atoms with Gasteiger partial charge in [-0.3, -0.25) is 13.9 Å². The molecule has 1 aliphatic heterocycles. The molecular formula is C31H37N3O6S. The third kappa shape index (κ3) is 8.00. The third-order valence-corrected chi connectivity index (χ3v) is 8.15. The van der Waals surface area contributed by atoms with E-state index in [4.69, 9.17) is 9.47 Å². The fourth-order valence-corrected chi connectivity index (χ4v) is 5.76. The Kier molecular flexibility index (Phi) is 9.88. The number of nitrogens with zero attached hydrogens (tertiary/aromatic N) is 2. The molecule has 1 N–H and O–H groups in total. The van der Waals surface area contributed by atoms with Crippen molar-refractivity contribution in [3.63, 3.8) is 0 Å². The second kappa shape index (κ2) is 13.5. The average Bonchev–Trinajstić information content (AvgIpc) is 2.97. The number of aryl methyl sites for hydroxylation is 1. The molecule has 0 saturated heterocycles. The average molecular weight is 580 g/mol. The maximum atomic E-state index is 13.8. The van der Waals surface area contributed by atoms with Crippen LogP contribution in [0.5, 0.6) is 11.5 Å². The summed E-state index contributed by atoms with van der Waals surface area (Å²) in [5, 5.41) is 2.71. The number of ether oxygens (including phenoxy) is 2. The quantitative estimate of drug-likeness (QED) is 0.351. The fourth-order valence-electron chi connectivity index (χ4n) is 4.80. The summed E-state index contributed by atoms with van der Waals surface area (Å²) in [6.45, 7) is 3.15. The number of likely N-dealkylation sites (N-methyl/N-ethyl adjacent to an activating group) is 1. The van der Waals surface area contributed by atoms with Crippen LogP contribution in [0.25, 0.3) is 0 Å². The Labute approximate surface area is 242 Å². The predicted octanol–water partition coefficient (Wildman–Crippen LogP) is 3.70.